The molecule has 1 amide bonds. The third kappa shape index (κ3) is 4.37. The van der Waals surface area contributed by atoms with Crippen LogP contribution < -0.4 is 10.6 Å². The molecule has 0 saturated heterocycles. The number of carbonyl (C=O) groups is 1. The molecular formula is C21H22N2O2. The maximum Gasteiger partial charge on any atom is 0.246 e. The summed E-state index contributed by atoms with van der Waals surface area (Å²) in [5.41, 5.74) is 3.90. The van der Waals surface area contributed by atoms with Crippen LogP contribution in [0.25, 0.3) is 0 Å². The van der Waals surface area contributed by atoms with Gasteiger partial charge in [0.15, 0.2) is 0 Å². The summed E-state index contributed by atoms with van der Waals surface area (Å²) < 4.78 is 5.36. The fourth-order valence-corrected chi connectivity index (χ4v) is 2.70. The van der Waals surface area contributed by atoms with Crippen molar-refractivity contribution in [1.82, 2.24) is 5.32 Å². The molecule has 3 rings (SSSR count). The van der Waals surface area contributed by atoms with Gasteiger partial charge in [0, 0.05) is 5.69 Å². The molecule has 1 heterocycles. The Morgan fingerprint density at radius 3 is 2.56 bits per heavy atom. The lowest BCUT2D eigenvalue weighted by atomic mass is 10.1. The second-order valence-corrected chi connectivity index (χ2v) is 6.11. The second kappa shape index (κ2) is 7.81. The van der Waals surface area contributed by atoms with Gasteiger partial charge in [0.25, 0.3) is 0 Å². The molecule has 0 radical (unpaired) electrons. The van der Waals surface area contributed by atoms with E-state index in [1.54, 1.807) is 6.26 Å². The van der Waals surface area contributed by atoms with Crippen molar-refractivity contribution in [2.75, 3.05) is 5.32 Å². The highest BCUT2D eigenvalue weighted by Gasteiger charge is 2.21. The van der Waals surface area contributed by atoms with Crippen molar-refractivity contribution in [3.63, 3.8) is 0 Å². The molecule has 0 aliphatic heterocycles. The first kappa shape index (κ1) is 17.0. The summed E-state index contributed by atoms with van der Waals surface area (Å²) in [6.07, 6.45) is 1.63. The quantitative estimate of drug-likeness (QED) is 0.704. The molecule has 1 atom stereocenters. The Balaban J connectivity index is 1.80. The Bertz CT molecular complexity index is 826. The Morgan fingerprint density at radius 1 is 1.04 bits per heavy atom. The zero-order valence-corrected chi connectivity index (χ0v) is 14.5. The van der Waals surface area contributed by atoms with Crippen molar-refractivity contribution in [3.8, 4) is 0 Å². The van der Waals surface area contributed by atoms with Crippen molar-refractivity contribution in [3.05, 3.63) is 89.4 Å². The molecule has 0 fully saturated rings. The minimum Gasteiger partial charge on any atom is -0.468 e. The third-order valence-corrected chi connectivity index (χ3v) is 4.11. The molecule has 0 aliphatic carbocycles. The summed E-state index contributed by atoms with van der Waals surface area (Å²) in [6, 6.07) is 19.0. The molecule has 3 aromatic rings. The predicted octanol–water partition coefficient (Wildman–Crippen LogP) is 4.37. The number of anilines is 1. The molecule has 1 aromatic heterocycles. The number of furan rings is 1. The molecule has 0 saturated carbocycles. The molecular weight excluding hydrogens is 312 g/mol. The van der Waals surface area contributed by atoms with Gasteiger partial charge < -0.3 is 9.73 Å². The van der Waals surface area contributed by atoms with E-state index in [0.717, 1.165) is 28.1 Å². The summed E-state index contributed by atoms with van der Waals surface area (Å²) in [7, 11) is 0. The van der Waals surface area contributed by atoms with Crippen molar-refractivity contribution in [2.45, 2.75) is 26.4 Å². The predicted molar refractivity (Wildman–Crippen MR) is 99.3 cm³/mol. The van der Waals surface area contributed by atoms with Crippen LogP contribution in [0.4, 0.5) is 5.69 Å². The topological polar surface area (TPSA) is 54.3 Å². The SMILES string of the molecule is Cc1ccc(C)c(NC(=O)[C@@H](NCc2ccco2)c2ccccc2)c1. The van der Waals surface area contributed by atoms with E-state index < -0.39 is 6.04 Å². The van der Waals surface area contributed by atoms with Crippen LogP contribution in [0.3, 0.4) is 0 Å². The van der Waals surface area contributed by atoms with Crippen molar-refractivity contribution >= 4 is 11.6 Å². The summed E-state index contributed by atoms with van der Waals surface area (Å²) in [5.74, 6) is 0.701. The zero-order valence-electron chi connectivity index (χ0n) is 14.5. The Morgan fingerprint density at radius 2 is 1.84 bits per heavy atom. The van der Waals surface area contributed by atoms with Gasteiger partial charge in [-0.2, -0.15) is 0 Å². The normalized spacial score (nSPS) is 11.9. The van der Waals surface area contributed by atoms with Crippen LogP contribution in [0, 0.1) is 13.8 Å². The van der Waals surface area contributed by atoms with Crippen LogP contribution in [-0.2, 0) is 11.3 Å². The molecule has 2 aromatic carbocycles. The number of rotatable bonds is 6. The summed E-state index contributed by atoms with van der Waals surface area (Å²) in [6.45, 7) is 4.48. The maximum atomic E-state index is 12.9. The molecule has 4 nitrogen and oxygen atoms in total. The molecule has 25 heavy (non-hydrogen) atoms. The summed E-state index contributed by atoms with van der Waals surface area (Å²) >= 11 is 0. The van der Waals surface area contributed by atoms with E-state index in [-0.39, 0.29) is 5.91 Å². The maximum absolute atomic E-state index is 12.9. The number of hydrogen-bond donors (Lipinski definition) is 2. The second-order valence-electron chi connectivity index (χ2n) is 6.11. The minimum absolute atomic E-state index is 0.0912. The van der Waals surface area contributed by atoms with Crippen molar-refractivity contribution < 1.29 is 9.21 Å². The fraction of sp³-hybridized carbons (Fsp3) is 0.190. The molecule has 0 unspecified atom stereocenters. The molecule has 2 N–H and O–H groups in total. The largest absolute Gasteiger partial charge is 0.468 e. The summed E-state index contributed by atoms with van der Waals surface area (Å²) in [5, 5.41) is 6.33. The monoisotopic (exact) mass is 334 g/mol. The number of benzene rings is 2. The lowest BCUT2D eigenvalue weighted by Crippen LogP contribution is -2.32. The van der Waals surface area contributed by atoms with Gasteiger partial charge in [-0.05, 0) is 48.7 Å². The first-order valence-corrected chi connectivity index (χ1v) is 8.32. The van der Waals surface area contributed by atoms with Crippen LogP contribution in [0.5, 0.6) is 0 Å². The Kier molecular flexibility index (Phi) is 5.31. The van der Waals surface area contributed by atoms with Gasteiger partial charge in [-0.15, -0.1) is 0 Å². The van der Waals surface area contributed by atoms with Gasteiger partial charge in [-0.1, -0.05) is 42.5 Å². The average molecular weight is 334 g/mol. The van der Waals surface area contributed by atoms with Crippen LogP contribution in [0.1, 0.15) is 28.5 Å². The number of hydrogen-bond acceptors (Lipinski definition) is 3. The molecule has 0 bridgehead atoms. The fourth-order valence-electron chi connectivity index (χ4n) is 2.70. The standard InChI is InChI=1S/C21H22N2O2/c1-15-10-11-16(2)19(13-15)23-21(24)20(17-7-4-3-5-8-17)22-14-18-9-6-12-25-18/h3-13,20,22H,14H2,1-2H3,(H,23,24)/t20-/m0/s1. The number of nitrogens with one attached hydrogen (secondary N) is 2. The molecule has 128 valence electrons. The highest BCUT2D eigenvalue weighted by atomic mass is 16.3. The number of carbonyl (C=O) groups excluding carboxylic acids is 1. The molecule has 0 spiro atoms. The van der Waals surface area contributed by atoms with Gasteiger partial charge in [-0.3, -0.25) is 10.1 Å². The van der Waals surface area contributed by atoms with Gasteiger partial charge in [0.05, 0.1) is 12.8 Å². The van der Waals surface area contributed by atoms with Gasteiger partial charge in [0.2, 0.25) is 5.91 Å². The van der Waals surface area contributed by atoms with E-state index in [4.69, 9.17) is 4.42 Å². The van der Waals surface area contributed by atoms with E-state index >= 15 is 0 Å². The van der Waals surface area contributed by atoms with Crippen LogP contribution >= 0.6 is 0 Å². The van der Waals surface area contributed by atoms with E-state index in [2.05, 4.69) is 10.6 Å². The van der Waals surface area contributed by atoms with Crippen LogP contribution in [0.15, 0.2) is 71.3 Å². The van der Waals surface area contributed by atoms with Crippen molar-refractivity contribution in [2.24, 2.45) is 0 Å². The van der Waals surface area contributed by atoms with Crippen LogP contribution in [0.2, 0.25) is 0 Å². The first-order valence-electron chi connectivity index (χ1n) is 8.32. The zero-order chi connectivity index (χ0) is 17.6. The Labute approximate surface area is 147 Å². The summed E-state index contributed by atoms with van der Waals surface area (Å²) in [4.78, 5) is 12.9. The van der Waals surface area contributed by atoms with Gasteiger partial charge >= 0.3 is 0 Å². The highest BCUT2D eigenvalue weighted by Crippen LogP contribution is 2.20. The average Bonchev–Trinajstić information content (AvgIpc) is 3.13. The Hall–Kier alpha value is -2.85. The first-order chi connectivity index (χ1) is 12.1. The van der Waals surface area contributed by atoms with E-state index in [1.807, 2.05) is 74.5 Å². The minimum atomic E-state index is -0.466. The van der Waals surface area contributed by atoms with E-state index in [9.17, 15) is 4.79 Å². The van der Waals surface area contributed by atoms with Gasteiger partial charge in [0.1, 0.15) is 11.8 Å². The van der Waals surface area contributed by atoms with E-state index in [1.165, 1.54) is 0 Å². The lowest BCUT2D eigenvalue weighted by molar-refractivity contribution is -0.118. The highest BCUT2D eigenvalue weighted by molar-refractivity contribution is 5.96. The molecule has 4 heteroatoms. The smallest absolute Gasteiger partial charge is 0.246 e. The third-order valence-electron chi connectivity index (χ3n) is 4.11. The molecule has 0 aliphatic rings. The van der Waals surface area contributed by atoms with Gasteiger partial charge in [-0.25, -0.2) is 0 Å². The lowest BCUT2D eigenvalue weighted by Gasteiger charge is -2.19. The number of amides is 1. The van der Waals surface area contributed by atoms with Crippen molar-refractivity contribution in [1.29, 1.82) is 0 Å². The van der Waals surface area contributed by atoms with E-state index in [0.29, 0.717) is 6.54 Å². The number of aryl methyl sites for hydroxylation is 2. The van der Waals surface area contributed by atoms with Crippen LogP contribution in [-0.4, -0.2) is 5.91 Å².